The monoisotopic (exact) mass is 278 g/mol. The molecule has 3 aromatic rings. The molecule has 0 N–H and O–H groups in total. The minimum absolute atomic E-state index is 0.000955. The van der Waals surface area contributed by atoms with Gasteiger partial charge in [-0.2, -0.15) is 10.5 Å². The molecule has 2 aromatic carbocycles. The number of nitrogens with zero attached hydrogens (tertiary/aromatic N) is 2. The first-order valence-electron chi connectivity index (χ1n) is 6.01. The Morgan fingerprint density at radius 1 is 1.05 bits per heavy atom. The molecule has 0 spiro atoms. The number of fused-ring (bicyclic) bond motifs is 1. The summed E-state index contributed by atoms with van der Waals surface area (Å²) < 4.78 is 24.4. The molecule has 5 heteroatoms. The minimum atomic E-state index is -0.588. The van der Waals surface area contributed by atoms with Crippen molar-refractivity contribution in [2.75, 3.05) is 0 Å². The summed E-state index contributed by atoms with van der Waals surface area (Å²) in [6.07, 6.45) is 0. The molecule has 0 aliphatic carbocycles. The van der Waals surface area contributed by atoms with Crippen molar-refractivity contribution in [3.63, 3.8) is 0 Å². The summed E-state index contributed by atoms with van der Waals surface area (Å²) in [4.78, 5) is 0. The first kappa shape index (κ1) is 12.7. The normalized spacial score (nSPS) is 10.0. The van der Waals surface area contributed by atoms with Gasteiger partial charge >= 0.3 is 0 Å². The molecule has 0 bridgehead atoms. The lowest BCUT2D eigenvalue weighted by Crippen LogP contribution is -1.88. The lowest BCUT2D eigenvalue weighted by molar-refractivity contribution is 0.462. The third kappa shape index (κ3) is 2.29. The standard InChI is InChI=1S/C16H7FN2O2/c17-11-5-10(8-18)6-12(7-11)20-16-13-3-1-2-4-14(13)21-15(16)9-19/h1-7H. The molecule has 100 valence electrons. The molecule has 0 fully saturated rings. The van der Waals surface area contributed by atoms with Crippen molar-refractivity contribution in [2.45, 2.75) is 0 Å². The van der Waals surface area contributed by atoms with Crippen molar-refractivity contribution >= 4 is 11.0 Å². The molecule has 4 nitrogen and oxygen atoms in total. The fraction of sp³-hybridized carbons (Fsp3) is 0. The van der Waals surface area contributed by atoms with Crippen molar-refractivity contribution in [1.82, 2.24) is 0 Å². The zero-order chi connectivity index (χ0) is 14.8. The van der Waals surface area contributed by atoms with Crippen LogP contribution < -0.4 is 4.74 Å². The lowest BCUT2D eigenvalue weighted by Gasteiger charge is -2.04. The van der Waals surface area contributed by atoms with Crippen molar-refractivity contribution in [1.29, 1.82) is 10.5 Å². The van der Waals surface area contributed by atoms with Crippen molar-refractivity contribution in [3.05, 3.63) is 59.6 Å². The number of ether oxygens (including phenoxy) is 1. The molecule has 0 saturated carbocycles. The van der Waals surface area contributed by atoms with Gasteiger partial charge in [0.25, 0.3) is 0 Å². The van der Waals surface area contributed by atoms with E-state index in [2.05, 4.69) is 0 Å². The number of hydrogen-bond donors (Lipinski definition) is 0. The van der Waals surface area contributed by atoms with Gasteiger partial charge in [0.15, 0.2) is 5.75 Å². The summed E-state index contributed by atoms with van der Waals surface area (Å²) in [6, 6.07) is 14.4. The highest BCUT2D eigenvalue weighted by Crippen LogP contribution is 2.36. The van der Waals surface area contributed by atoms with Crippen molar-refractivity contribution in [2.24, 2.45) is 0 Å². The Bertz CT molecular complexity index is 916. The maximum Gasteiger partial charge on any atom is 0.247 e. The van der Waals surface area contributed by atoms with Gasteiger partial charge in [0.1, 0.15) is 23.2 Å². The molecule has 21 heavy (non-hydrogen) atoms. The molecular weight excluding hydrogens is 271 g/mol. The fourth-order valence-corrected chi connectivity index (χ4v) is 2.00. The van der Waals surface area contributed by atoms with Crippen LogP contribution in [-0.4, -0.2) is 0 Å². The highest BCUT2D eigenvalue weighted by molar-refractivity contribution is 5.86. The van der Waals surface area contributed by atoms with E-state index in [-0.39, 0.29) is 22.8 Å². The largest absolute Gasteiger partial charge is 0.452 e. The molecule has 1 heterocycles. The molecule has 0 unspecified atom stereocenters. The van der Waals surface area contributed by atoms with E-state index < -0.39 is 5.82 Å². The average Bonchev–Trinajstić information content (AvgIpc) is 2.85. The molecular formula is C16H7FN2O2. The van der Waals surface area contributed by atoms with Crippen LogP contribution in [0.5, 0.6) is 11.5 Å². The van der Waals surface area contributed by atoms with Crippen LogP contribution in [0.15, 0.2) is 46.9 Å². The second-order valence-corrected chi connectivity index (χ2v) is 4.26. The van der Waals surface area contributed by atoms with Crippen molar-refractivity contribution in [3.8, 4) is 23.6 Å². The third-order valence-electron chi connectivity index (χ3n) is 2.87. The van der Waals surface area contributed by atoms with E-state index >= 15 is 0 Å². The SMILES string of the molecule is N#Cc1cc(F)cc(Oc2c(C#N)oc3ccccc23)c1. The number of halogens is 1. The number of para-hydroxylation sites is 1. The second-order valence-electron chi connectivity index (χ2n) is 4.26. The smallest absolute Gasteiger partial charge is 0.247 e. The minimum Gasteiger partial charge on any atom is -0.452 e. The number of rotatable bonds is 2. The number of furan rings is 1. The van der Waals surface area contributed by atoms with Crippen molar-refractivity contribution < 1.29 is 13.5 Å². The Hall–Kier alpha value is -3.31. The van der Waals surface area contributed by atoms with E-state index in [1.54, 1.807) is 24.3 Å². The first-order chi connectivity index (χ1) is 10.2. The maximum atomic E-state index is 13.4. The van der Waals surface area contributed by atoms with Gasteiger partial charge in [-0.3, -0.25) is 0 Å². The quantitative estimate of drug-likeness (QED) is 0.707. The van der Waals surface area contributed by atoms with Gasteiger partial charge in [0, 0.05) is 6.07 Å². The van der Waals surface area contributed by atoms with E-state index in [0.717, 1.165) is 12.1 Å². The zero-order valence-corrected chi connectivity index (χ0v) is 10.6. The lowest BCUT2D eigenvalue weighted by atomic mass is 10.2. The summed E-state index contributed by atoms with van der Waals surface area (Å²) >= 11 is 0. The summed E-state index contributed by atoms with van der Waals surface area (Å²) in [5.74, 6) is -0.244. The van der Waals surface area contributed by atoms with Gasteiger partial charge in [-0.05, 0) is 24.3 Å². The molecule has 0 aliphatic rings. The summed E-state index contributed by atoms with van der Waals surface area (Å²) in [7, 11) is 0. The molecule has 0 amide bonds. The number of nitriles is 2. The van der Waals surface area contributed by atoms with Crippen LogP contribution in [0.2, 0.25) is 0 Å². The number of benzene rings is 2. The van der Waals surface area contributed by atoms with Crippen LogP contribution in [0.4, 0.5) is 4.39 Å². The van der Waals surface area contributed by atoms with Gasteiger partial charge in [-0.15, -0.1) is 0 Å². The average molecular weight is 278 g/mol. The topological polar surface area (TPSA) is 69.9 Å². The summed E-state index contributed by atoms with van der Waals surface area (Å²) in [5, 5.41) is 18.6. The molecule has 0 atom stereocenters. The maximum absolute atomic E-state index is 13.4. The zero-order valence-electron chi connectivity index (χ0n) is 10.6. The Balaban J connectivity index is 2.12. The Labute approximate surface area is 119 Å². The van der Waals surface area contributed by atoms with E-state index in [9.17, 15) is 4.39 Å². The highest BCUT2D eigenvalue weighted by Gasteiger charge is 2.16. The van der Waals surface area contributed by atoms with Gasteiger partial charge < -0.3 is 9.15 Å². The molecule has 0 radical (unpaired) electrons. The predicted octanol–water partition coefficient (Wildman–Crippen LogP) is 4.11. The molecule has 3 rings (SSSR count). The van der Waals surface area contributed by atoms with Gasteiger partial charge in [0.05, 0.1) is 17.0 Å². The van der Waals surface area contributed by atoms with Gasteiger partial charge in [-0.1, -0.05) is 12.1 Å². The highest BCUT2D eigenvalue weighted by atomic mass is 19.1. The predicted molar refractivity (Wildman–Crippen MR) is 72.1 cm³/mol. The Morgan fingerprint density at radius 3 is 2.62 bits per heavy atom. The van der Waals surface area contributed by atoms with Crippen LogP contribution in [0.25, 0.3) is 11.0 Å². The Kier molecular flexibility index (Phi) is 3.02. The Morgan fingerprint density at radius 2 is 1.86 bits per heavy atom. The van der Waals surface area contributed by atoms with Crippen LogP contribution in [0, 0.1) is 28.5 Å². The van der Waals surface area contributed by atoms with Crippen LogP contribution in [0.1, 0.15) is 11.3 Å². The van der Waals surface area contributed by atoms with Crippen LogP contribution >= 0.6 is 0 Å². The van der Waals surface area contributed by atoms with Gasteiger partial charge in [-0.25, -0.2) is 4.39 Å². The van der Waals surface area contributed by atoms with Crippen LogP contribution in [-0.2, 0) is 0 Å². The van der Waals surface area contributed by atoms with E-state index in [1.807, 2.05) is 12.1 Å². The summed E-state index contributed by atoms with van der Waals surface area (Å²) in [6.45, 7) is 0. The van der Waals surface area contributed by atoms with E-state index in [1.165, 1.54) is 6.07 Å². The molecule has 1 aromatic heterocycles. The third-order valence-corrected chi connectivity index (χ3v) is 2.87. The molecule has 0 saturated heterocycles. The fourth-order valence-electron chi connectivity index (χ4n) is 2.00. The van der Waals surface area contributed by atoms with E-state index in [4.69, 9.17) is 19.7 Å². The number of hydrogen-bond acceptors (Lipinski definition) is 4. The first-order valence-corrected chi connectivity index (χ1v) is 6.01. The second kappa shape index (κ2) is 4.99. The van der Waals surface area contributed by atoms with Gasteiger partial charge in [0.2, 0.25) is 5.76 Å². The van der Waals surface area contributed by atoms with Crippen LogP contribution in [0.3, 0.4) is 0 Å². The van der Waals surface area contributed by atoms with E-state index in [0.29, 0.717) is 11.0 Å². The molecule has 0 aliphatic heterocycles. The summed E-state index contributed by atoms with van der Waals surface area (Å²) in [5.41, 5.74) is 0.636.